The van der Waals surface area contributed by atoms with Crippen LogP contribution < -0.4 is 0 Å². The molecule has 2 unspecified atom stereocenters. The first kappa shape index (κ1) is 14.3. The Labute approximate surface area is 127 Å². The van der Waals surface area contributed by atoms with Gasteiger partial charge in [-0.2, -0.15) is 5.26 Å². The Bertz CT molecular complexity index is 616. The van der Waals surface area contributed by atoms with E-state index < -0.39 is 11.0 Å². The van der Waals surface area contributed by atoms with Gasteiger partial charge in [0.1, 0.15) is 21.0 Å². The predicted molar refractivity (Wildman–Crippen MR) is 76.7 cm³/mol. The molecule has 2 heterocycles. The lowest BCUT2D eigenvalue weighted by Crippen LogP contribution is -2.38. The third kappa shape index (κ3) is 2.18. The number of ether oxygens (including phenoxy) is 1. The zero-order valence-electron chi connectivity index (χ0n) is 12.6. The van der Waals surface area contributed by atoms with Crippen LogP contribution in [0, 0.1) is 30.1 Å². The molecule has 1 aromatic rings. The van der Waals surface area contributed by atoms with Crippen LogP contribution in [0.2, 0.25) is 0 Å². The summed E-state index contributed by atoms with van der Waals surface area (Å²) in [7, 11) is 0. The Hall–Kier alpha value is -1.68. The fourth-order valence-corrected chi connectivity index (χ4v) is 4.06. The van der Waals surface area contributed by atoms with Crippen LogP contribution in [0.4, 0.5) is 4.79 Å². The van der Waals surface area contributed by atoms with E-state index in [1.807, 2.05) is 27.7 Å². The number of hydrogen-bond acceptors (Lipinski definition) is 6. The first-order chi connectivity index (χ1) is 9.78. The quantitative estimate of drug-likeness (QED) is 0.794. The lowest BCUT2D eigenvalue weighted by Gasteiger charge is -2.26. The first-order valence-corrected chi connectivity index (χ1v) is 7.79. The summed E-state index contributed by atoms with van der Waals surface area (Å²) in [4.78, 5) is 13.8. The van der Waals surface area contributed by atoms with Crippen molar-refractivity contribution in [2.24, 2.45) is 11.8 Å². The monoisotopic (exact) mass is 306 g/mol. The van der Waals surface area contributed by atoms with E-state index in [2.05, 4.69) is 16.3 Å². The van der Waals surface area contributed by atoms with Gasteiger partial charge in [-0.1, -0.05) is 0 Å². The van der Waals surface area contributed by atoms with Crippen molar-refractivity contribution in [1.82, 2.24) is 15.1 Å². The highest BCUT2D eigenvalue weighted by atomic mass is 32.1. The molecule has 1 aliphatic carbocycles. The van der Waals surface area contributed by atoms with Crippen LogP contribution in [0.15, 0.2) is 0 Å². The zero-order chi connectivity index (χ0) is 15.4. The maximum Gasteiger partial charge on any atom is 0.410 e. The van der Waals surface area contributed by atoms with Crippen molar-refractivity contribution in [1.29, 1.82) is 5.26 Å². The molecule has 0 radical (unpaired) electrons. The Kier molecular flexibility index (Phi) is 2.99. The first-order valence-electron chi connectivity index (χ1n) is 6.97. The Balaban J connectivity index is 1.71. The number of amides is 1. The summed E-state index contributed by atoms with van der Waals surface area (Å²) in [5, 5.41) is 19.4. The maximum absolute atomic E-state index is 12.1. The van der Waals surface area contributed by atoms with Crippen LogP contribution in [0.1, 0.15) is 30.8 Å². The van der Waals surface area contributed by atoms with Gasteiger partial charge in [-0.25, -0.2) is 4.79 Å². The van der Waals surface area contributed by atoms with Crippen LogP contribution in [0.25, 0.3) is 0 Å². The third-order valence-corrected chi connectivity index (χ3v) is 5.09. The molecule has 0 spiro atoms. The fraction of sp³-hybridized carbons (Fsp3) is 0.714. The van der Waals surface area contributed by atoms with Gasteiger partial charge < -0.3 is 9.64 Å². The third-order valence-electron chi connectivity index (χ3n) is 4.10. The summed E-state index contributed by atoms with van der Waals surface area (Å²) in [5.41, 5.74) is -1.03. The topological polar surface area (TPSA) is 79.1 Å². The van der Waals surface area contributed by atoms with Crippen molar-refractivity contribution in [3.05, 3.63) is 10.0 Å². The number of fused-ring (bicyclic) bond motifs is 1. The molecular formula is C14H18N4O2S. The number of nitrogens with zero attached hydrogens (tertiary/aromatic N) is 4. The van der Waals surface area contributed by atoms with E-state index in [0.717, 1.165) is 10.0 Å². The minimum absolute atomic E-state index is 0.155. The minimum atomic E-state index is -0.537. The van der Waals surface area contributed by atoms with Crippen LogP contribution in [-0.4, -0.2) is 39.9 Å². The second kappa shape index (κ2) is 4.41. The van der Waals surface area contributed by atoms with E-state index in [0.29, 0.717) is 13.1 Å². The second-order valence-electron chi connectivity index (χ2n) is 6.71. The number of likely N-dealkylation sites (tertiary alicyclic amines) is 1. The number of aromatic nitrogens is 2. The van der Waals surface area contributed by atoms with Crippen molar-refractivity contribution in [2.75, 3.05) is 13.1 Å². The van der Waals surface area contributed by atoms with Crippen molar-refractivity contribution in [3.63, 3.8) is 0 Å². The molecule has 2 aliphatic rings. The molecule has 1 aliphatic heterocycles. The molecule has 7 heteroatoms. The number of hydrogen-bond donors (Lipinski definition) is 0. The number of aryl methyl sites for hydroxylation is 1. The highest BCUT2D eigenvalue weighted by Gasteiger charge is 2.72. The summed E-state index contributed by atoms with van der Waals surface area (Å²) < 4.78 is 5.38. The standard InChI is InChI=1S/C14H18N4O2S/c1-8-16-17-11(21-8)14(7-15)9-5-18(6-10(9)14)12(19)20-13(2,3)4/h9-10H,5-6H2,1-4H3. The van der Waals surface area contributed by atoms with Gasteiger partial charge in [0.05, 0.1) is 6.07 Å². The average molecular weight is 306 g/mol. The number of nitriles is 1. The van der Waals surface area contributed by atoms with E-state index in [-0.39, 0.29) is 17.9 Å². The van der Waals surface area contributed by atoms with Gasteiger partial charge in [0.25, 0.3) is 0 Å². The van der Waals surface area contributed by atoms with Gasteiger partial charge in [0, 0.05) is 24.9 Å². The highest BCUT2D eigenvalue weighted by molar-refractivity contribution is 7.11. The van der Waals surface area contributed by atoms with Gasteiger partial charge in [0.15, 0.2) is 0 Å². The van der Waals surface area contributed by atoms with E-state index in [1.165, 1.54) is 11.3 Å². The summed E-state index contributed by atoms with van der Waals surface area (Å²) >= 11 is 1.48. The number of rotatable bonds is 1. The molecular weight excluding hydrogens is 288 g/mol. The molecule has 112 valence electrons. The highest BCUT2D eigenvalue weighted by Crippen LogP contribution is 2.63. The van der Waals surface area contributed by atoms with Crippen LogP contribution >= 0.6 is 11.3 Å². The molecule has 0 aromatic carbocycles. The molecule has 0 N–H and O–H groups in total. The Morgan fingerprint density at radius 1 is 1.43 bits per heavy atom. The van der Waals surface area contributed by atoms with E-state index in [9.17, 15) is 10.1 Å². The zero-order valence-corrected chi connectivity index (χ0v) is 13.4. The Morgan fingerprint density at radius 3 is 2.48 bits per heavy atom. The molecule has 0 bridgehead atoms. The Morgan fingerprint density at radius 2 is 2.05 bits per heavy atom. The van der Waals surface area contributed by atoms with Crippen molar-refractivity contribution in [2.45, 2.75) is 38.7 Å². The average Bonchev–Trinajstić information content (AvgIpc) is 2.75. The molecule has 2 fully saturated rings. The normalized spacial score (nSPS) is 30.7. The smallest absolute Gasteiger partial charge is 0.410 e. The summed E-state index contributed by atoms with van der Waals surface area (Å²) in [6, 6.07) is 2.42. The van der Waals surface area contributed by atoms with E-state index in [1.54, 1.807) is 4.90 Å². The van der Waals surface area contributed by atoms with Gasteiger partial charge in [-0.3, -0.25) is 0 Å². The molecule has 3 rings (SSSR count). The number of piperidine rings is 1. The second-order valence-corrected chi connectivity index (χ2v) is 7.89. The van der Waals surface area contributed by atoms with Gasteiger partial charge in [-0.15, -0.1) is 21.5 Å². The van der Waals surface area contributed by atoms with Crippen molar-refractivity contribution in [3.8, 4) is 6.07 Å². The van der Waals surface area contributed by atoms with Gasteiger partial charge >= 0.3 is 6.09 Å². The largest absolute Gasteiger partial charge is 0.444 e. The van der Waals surface area contributed by atoms with Gasteiger partial charge in [-0.05, 0) is 27.7 Å². The van der Waals surface area contributed by atoms with Crippen LogP contribution in [0.3, 0.4) is 0 Å². The lowest BCUT2D eigenvalue weighted by molar-refractivity contribution is 0.0266. The molecule has 6 nitrogen and oxygen atoms in total. The van der Waals surface area contributed by atoms with Crippen LogP contribution in [0.5, 0.6) is 0 Å². The SMILES string of the molecule is Cc1nnc(C2(C#N)C3CN(C(=O)OC(C)(C)C)CC32)s1. The minimum Gasteiger partial charge on any atom is -0.444 e. The van der Waals surface area contributed by atoms with Crippen molar-refractivity contribution >= 4 is 17.4 Å². The number of carbonyl (C=O) groups is 1. The molecule has 1 amide bonds. The maximum atomic E-state index is 12.1. The summed E-state index contributed by atoms with van der Waals surface area (Å²) in [5.74, 6) is 0.310. The van der Waals surface area contributed by atoms with Gasteiger partial charge in [0.2, 0.25) is 0 Å². The van der Waals surface area contributed by atoms with Crippen molar-refractivity contribution < 1.29 is 9.53 Å². The molecule has 1 saturated heterocycles. The summed E-state index contributed by atoms with van der Waals surface area (Å²) in [6.07, 6.45) is -0.296. The molecule has 1 aromatic heterocycles. The summed E-state index contributed by atoms with van der Waals surface area (Å²) in [6.45, 7) is 8.57. The molecule has 1 saturated carbocycles. The lowest BCUT2D eigenvalue weighted by atomic mass is 10.0. The molecule has 21 heavy (non-hydrogen) atoms. The van der Waals surface area contributed by atoms with E-state index >= 15 is 0 Å². The predicted octanol–water partition coefficient (Wildman–Crippen LogP) is 2.10. The fourth-order valence-electron chi connectivity index (χ4n) is 3.10. The molecule has 2 atom stereocenters. The van der Waals surface area contributed by atoms with Crippen LogP contribution in [-0.2, 0) is 10.2 Å². The van der Waals surface area contributed by atoms with E-state index in [4.69, 9.17) is 4.74 Å². The number of carbonyl (C=O) groups excluding carboxylic acids is 1.